The molecule has 0 atom stereocenters. The topological polar surface area (TPSA) is 93.8 Å². The second kappa shape index (κ2) is 9.64. The number of carbonyl (C=O) groups excluding carboxylic acids is 1. The van der Waals surface area contributed by atoms with E-state index in [9.17, 15) is 9.59 Å². The van der Waals surface area contributed by atoms with Gasteiger partial charge in [0.25, 0.3) is 5.56 Å². The average molecular weight is 465 g/mol. The summed E-state index contributed by atoms with van der Waals surface area (Å²) in [7, 11) is 0. The lowest BCUT2D eigenvalue weighted by Crippen LogP contribution is -2.23. The smallest absolute Gasteiger partial charge is 0.264 e. The fraction of sp³-hybridized carbons (Fsp3) is 0.111. The Morgan fingerprint density at radius 3 is 2.31 bits per heavy atom. The van der Waals surface area contributed by atoms with Crippen molar-refractivity contribution in [2.24, 2.45) is 0 Å². The number of aromatic nitrogens is 4. The summed E-state index contributed by atoms with van der Waals surface area (Å²) in [5.74, 6) is -0.184. The first-order valence-corrected chi connectivity index (χ1v) is 11.3. The Balaban J connectivity index is 1.22. The van der Waals surface area contributed by atoms with Crippen LogP contribution in [0, 0.1) is 6.92 Å². The van der Waals surface area contributed by atoms with Gasteiger partial charge in [0.1, 0.15) is 5.39 Å². The largest absolute Gasteiger partial charge is 0.356 e. The van der Waals surface area contributed by atoms with Gasteiger partial charge < -0.3 is 10.6 Å². The maximum Gasteiger partial charge on any atom is 0.264 e. The van der Waals surface area contributed by atoms with Crippen molar-refractivity contribution < 1.29 is 4.79 Å². The molecule has 0 unspecified atom stereocenters. The zero-order valence-electron chi connectivity index (χ0n) is 19.2. The van der Waals surface area contributed by atoms with E-state index in [-0.39, 0.29) is 24.4 Å². The van der Waals surface area contributed by atoms with Crippen LogP contribution in [0.2, 0.25) is 0 Å². The molecule has 2 heterocycles. The first kappa shape index (κ1) is 22.1. The van der Waals surface area contributed by atoms with E-state index in [1.807, 2.05) is 85.8 Å². The third-order valence-corrected chi connectivity index (χ3v) is 5.64. The number of nitrogens with one attached hydrogen (secondary N) is 2. The second-order valence-corrected chi connectivity index (χ2v) is 8.24. The summed E-state index contributed by atoms with van der Waals surface area (Å²) in [5.41, 5.74) is 4.84. The fourth-order valence-electron chi connectivity index (χ4n) is 3.75. The minimum atomic E-state index is -0.225. The normalized spacial score (nSPS) is 10.9. The third kappa shape index (κ3) is 4.96. The number of anilines is 3. The quantitative estimate of drug-likeness (QED) is 0.365. The molecule has 3 aromatic carbocycles. The number of rotatable bonds is 7. The van der Waals surface area contributed by atoms with Crippen LogP contribution >= 0.6 is 0 Å². The lowest BCUT2D eigenvalue weighted by atomic mass is 10.2. The molecule has 2 aromatic heterocycles. The van der Waals surface area contributed by atoms with E-state index in [1.54, 1.807) is 4.68 Å². The highest BCUT2D eigenvalue weighted by atomic mass is 16.2. The minimum absolute atomic E-state index is 0.142. The van der Waals surface area contributed by atoms with E-state index in [0.717, 1.165) is 22.6 Å². The molecule has 8 nitrogen and oxygen atoms in total. The van der Waals surface area contributed by atoms with E-state index in [0.29, 0.717) is 16.7 Å². The molecule has 2 N–H and O–H groups in total. The molecular weight excluding hydrogens is 440 g/mol. The van der Waals surface area contributed by atoms with E-state index < -0.39 is 0 Å². The van der Waals surface area contributed by atoms with E-state index >= 15 is 0 Å². The van der Waals surface area contributed by atoms with Crippen LogP contribution in [0.1, 0.15) is 12.0 Å². The van der Waals surface area contributed by atoms with Crippen LogP contribution in [0.15, 0.2) is 96.2 Å². The number of aryl methyl sites for hydroxylation is 2. The van der Waals surface area contributed by atoms with Gasteiger partial charge in [-0.2, -0.15) is 5.10 Å². The van der Waals surface area contributed by atoms with Gasteiger partial charge in [-0.3, -0.25) is 14.2 Å². The van der Waals surface area contributed by atoms with Gasteiger partial charge >= 0.3 is 0 Å². The zero-order valence-corrected chi connectivity index (χ0v) is 19.2. The molecule has 35 heavy (non-hydrogen) atoms. The number of para-hydroxylation sites is 1. The van der Waals surface area contributed by atoms with Crippen LogP contribution in [-0.4, -0.2) is 25.2 Å². The van der Waals surface area contributed by atoms with Crippen molar-refractivity contribution >= 4 is 34.0 Å². The summed E-state index contributed by atoms with van der Waals surface area (Å²) in [4.78, 5) is 29.8. The molecule has 0 fully saturated rings. The van der Waals surface area contributed by atoms with Crippen LogP contribution in [-0.2, 0) is 11.3 Å². The maximum atomic E-state index is 12.9. The molecule has 0 saturated carbocycles. The molecule has 0 bridgehead atoms. The number of benzene rings is 3. The Morgan fingerprint density at radius 2 is 1.57 bits per heavy atom. The van der Waals surface area contributed by atoms with Crippen molar-refractivity contribution in [3.63, 3.8) is 0 Å². The molecule has 0 aliphatic heterocycles. The Hall–Kier alpha value is -4.72. The highest BCUT2D eigenvalue weighted by Gasteiger charge is 2.12. The predicted molar refractivity (Wildman–Crippen MR) is 137 cm³/mol. The molecule has 0 aliphatic rings. The van der Waals surface area contributed by atoms with Gasteiger partial charge in [0.05, 0.1) is 18.2 Å². The Morgan fingerprint density at radius 1 is 0.886 bits per heavy atom. The summed E-state index contributed by atoms with van der Waals surface area (Å²) in [6.45, 7) is 2.23. The average Bonchev–Trinajstić information content (AvgIpc) is 3.31. The predicted octanol–water partition coefficient (Wildman–Crippen LogP) is 4.66. The first-order chi connectivity index (χ1) is 17.1. The number of hydrogen-bond donors (Lipinski definition) is 2. The lowest BCUT2D eigenvalue weighted by Gasteiger charge is -2.09. The lowest BCUT2D eigenvalue weighted by molar-refractivity contribution is -0.116. The van der Waals surface area contributed by atoms with E-state index in [4.69, 9.17) is 0 Å². The van der Waals surface area contributed by atoms with Crippen molar-refractivity contribution in [2.75, 3.05) is 10.6 Å². The van der Waals surface area contributed by atoms with Gasteiger partial charge in [-0.15, -0.1) is 0 Å². The van der Waals surface area contributed by atoms with Crippen molar-refractivity contribution in [1.82, 2.24) is 19.3 Å². The Bertz CT molecular complexity index is 1520. The summed E-state index contributed by atoms with van der Waals surface area (Å²) < 4.78 is 3.08. The van der Waals surface area contributed by atoms with Crippen LogP contribution in [0.4, 0.5) is 17.1 Å². The van der Waals surface area contributed by atoms with Gasteiger partial charge in [-0.25, -0.2) is 9.67 Å². The van der Waals surface area contributed by atoms with Crippen molar-refractivity contribution in [2.45, 2.75) is 19.9 Å². The Kier molecular flexibility index (Phi) is 6.09. The molecule has 174 valence electrons. The summed E-state index contributed by atoms with van der Waals surface area (Å²) >= 11 is 0. The number of amides is 1. The molecule has 1 amide bonds. The van der Waals surface area contributed by atoms with E-state index in [2.05, 4.69) is 20.7 Å². The van der Waals surface area contributed by atoms with Gasteiger partial charge in [-0.1, -0.05) is 35.9 Å². The number of carbonyl (C=O) groups is 1. The molecule has 0 aliphatic carbocycles. The SMILES string of the molecule is Cc1ccc(-n2ncc3c(=O)n(CCC(=O)Nc4ccc(Nc5ccccc5)cc4)cnc32)cc1. The second-order valence-electron chi connectivity index (χ2n) is 8.24. The monoisotopic (exact) mass is 464 g/mol. The fourth-order valence-corrected chi connectivity index (χ4v) is 3.75. The van der Waals surface area contributed by atoms with Crippen LogP contribution in [0.25, 0.3) is 16.7 Å². The van der Waals surface area contributed by atoms with Crippen molar-refractivity contribution in [3.05, 3.63) is 107 Å². The molecule has 5 aromatic rings. The molecule has 0 saturated heterocycles. The Labute approximate surface area is 201 Å². The maximum absolute atomic E-state index is 12.9. The van der Waals surface area contributed by atoms with Gasteiger partial charge in [0.2, 0.25) is 5.91 Å². The number of fused-ring (bicyclic) bond motifs is 1. The van der Waals surface area contributed by atoms with E-state index in [1.165, 1.54) is 17.1 Å². The van der Waals surface area contributed by atoms with Crippen molar-refractivity contribution in [1.29, 1.82) is 0 Å². The first-order valence-electron chi connectivity index (χ1n) is 11.3. The van der Waals surface area contributed by atoms with Gasteiger partial charge in [0.15, 0.2) is 5.65 Å². The zero-order chi connectivity index (χ0) is 24.2. The van der Waals surface area contributed by atoms with Crippen molar-refractivity contribution in [3.8, 4) is 5.69 Å². The van der Waals surface area contributed by atoms with Crippen LogP contribution in [0.3, 0.4) is 0 Å². The number of hydrogen-bond acceptors (Lipinski definition) is 5. The van der Waals surface area contributed by atoms with Crippen LogP contribution < -0.4 is 16.2 Å². The standard InChI is InChI=1S/C27H24N6O2/c1-19-7-13-23(14-8-19)33-26-24(17-29-33)27(35)32(18-28-26)16-15-25(34)31-22-11-9-21(10-12-22)30-20-5-3-2-4-6-20/h2-14,17-18,30H,15-16H2,1H3,(H,31,34). The molecule has 0 radical (unpaired) electrons. The molecule has 8 heteroatoms. The molecular formula is C27H24N6O2. The van der Waals surface area contributed by atoms with Crippen LogP contribution in [0.5, 0.6) is 0 Å². The minimum Gasteiger partial charge on any atom is -0.356 e. The highest BCUT2D eigenvalue weighted by molar-refractivity contribution is 5.90. The molecule has 5 rings (SSSR count). The third-order valence-electron chi connectivity index (χ3n) is 5.64. The number of nitrogens with zero attached hydrogens (tertiary/aromatic N) is 4. The summed E-state index contributed by atoms with van der Waals surface area (Å²) in [5, 5.41) is 10.9. The van der Waals surface area contributed by atoms with Gasteiger partial charge in [0, 0.05) is 30.0 Å². The highest BCUT2D eigenvalue weighted by Crippen LogP contribution is 2.19. The molecule has 0 spiro atoms. The van der Waals surface area contributed by atoms with Gasteiger partial charge in [-0.05, 0) is 55.5 Å². The summed E-state index contributed by atoms with van der Waals surface area (Å²) in [6, 6.07) is 25.2. The summed E-state index contributed by atoms with van der Waals surface area (Å²) in [6.07, 6.45) is 3.13.